The van der Waals surface area contributed by atoms with E-state index in [0.29, 0.717) is 26.3 Å². The van der Waals surface area contributed by atoms with Gasteiger partial charge < -0.3 is 19.9 Å². The SMILES string of the molecule is CCOc1cccc(CNC[C@@H](O)c2ccccc2)c1OCc1ccccc1. The first-order valence-corrected chi connectivity index (χ1v) is 9.63. The first kappa shape index (κ1) is 19.9. The zero-order valence-corrected chi connectivity index (χ0v) is 16.2. The van der Waals surface area contributed by atoms with E-state index in [-0.39, 0.29) is 0 Å². The lowest BCUT2D eigenvalue weighted by molar-refractivity contribution is 0.174. The third-order valence-electron chi connectivity index (χ3n) is 4.42. The van der Waals surface area contributed by atoms with Crippen LogP contribution in [-0.2, 0) is 13.2 Å². The molecule has 3 rings (SSSR count). The Morgan fingerprint density at radius 1 is 0.857 bits per heavy atom. The predicted molar refractivity (Wildman–Crippen MR) is 111 cm³/mol. The predicted octanol–water partition coefficient (Wildman–Crippen LogP) is 4.49. The number of para-hydroxylation sites is 1. The molecule has 28 heavy (non-hydrogen) atoms. The Morgan fingerprint density at radius 3 is 2.29 bits per heavy atom. The fourth-order valence-electron chi connectivity index (χ4n) is 3.00. The molecule has 0 spiro atoms. The molecular weight excluding hydrogens is 350 g/mol. The normalized spacial score (nSPS) is 11.8. The number of benzene rings is 3. The van der Waals surface area contributed by atoms with Crippen LogP contribution in [0, 0.1) is 0 Å². The summed E-state index contributed by atoms with van der Waals surface area (Å²) in [4.78, 5) is 0. The summed E-state index contributed by atoms with van der Waals surface area (Å²) in [5, 5.41) is 13.7. The van der Waals surface area contributed by atoms with Gasteiger partial charge in [-0.25, -0.2) is 0 Å². The van der Waals surface area contributed by atoms with Crippen molar-refractivity contribution in [3.05, 3.63) is 95.6 Å². The number of nitrogens with one attached hydrogen (secondary N) is 1. The zero-order valence-electron chi connectivity index (χ0n) is 16.2. The quantitative estimate of drug-likeness (QED) is 0.547. The summed E-state index contributed by atoms with van der Waals surface area (Å²) in [7, 11) is 0. The van der Waals surface area contributed by atoms with Gasteiger partial charge in [0.15, 0.2) is 11.5 Å². The molecule has 0 aliphatic heterocycles. The summed E-state index contributed by atoms with van der Waals surface area (Å²) < 4.78 is 11.9. The minimum absolute atomic E-state index is 0.459. The van der Waals surface area contributed by atoms with Crippen LogP contribution in [0.3, 0.4) is 0 Å². The van der Waals surface area contributed by atoms with Crippen molar-refractivity contribution in [3.8, 4) is 11.5 Å². The second-order valence-electron chi connectivity index (χ2n) is 6.51. The Kier molecular flexibility index (Phi) is 7.47. The molecule has 2 N–H and O–H groups in total. The second-order valence-corrected chi connectivity index (χ2v) is 6.51. The highest BCUT2D eigenvalue weighted by atomic mass is 16.5. The summed E-state index contributed by atoms with van der Waals surface area (Å²) in [6.45, 7) is 4.05. The molecule has 146 valence electrons. The molecule has 0 saturated heterocycles. The third-order valence-corrected chi connectivity index (χ3v) is 4.42. The van der Waals surface area contributed by atoms with Gasteiger partial charge in [-0.2, -0.15) is 0 Å². The standard InChI is InChI=1S/C24H27NO3/c1-2-27-23-15-9-14-21(24(23)28-18-19-10-5-3-6-11-19)16-25-17-22(26)20-12-7-4-8-13-20/h3-15,22,25-26H,2,16-18H2,1H3/t22-/m1/s1. The molecule has 4 nitrogen and oxygen atoms in total. The van der Waals surface area contributed by atoms with Crippen molar-refractivity contribution in [3.63, 3.8) is 0 Å². The van der Waals surface area contributed by atoms with Crippen LogP contribution in [0.4, 0.5) is 0 Å². The zero-order chi connectivity index (χ0) is 19.6. The van der Waals surface area contributed by atoms with E-state index in [2.05, 4.69) is 5.32 Å². The molecule has 0 aliphatic carbocycles. The lowest BCUT2D eigenvalue weighted by Crippen LogP contribution is -2.21. The maximum atomic E-state index is 10.3. The van der Waals surface area contributed by atoms with Crippen LogP contribution in [0.1, 0.15) is 29.7 Å². The molecule has 0 bridgehead atoms. The molecule has 3 aromatic carbocycles. The minimum atomic E-state index is -0.551. The molecule has 0 aliphatic rings. The van der Waals surface area contributed by atoms with E-state index in [4.69, 9.17) is 9.47 Å². The highest BCUT2D eigenvalue weighted by Gasteiger charge is 2.13. The molecule has 3 aromatic rings. The molecule has 0 aromatic heterocycles. The average molecular weight is 377 g/mol. The fourth-order valence-corrected chi connectivity index (χ4v) is 3.00. The third kappa shape index (κ3) is 5.59. The van der Waals surface area contributed by atoms with E-state index in [0.717, 1.165) is 28.2 Å². The first-order valence-electron chi connectivity index (χ1n) is 9.63. The van der Waals surface area contributed by atoms with Crippen LogP contribution >= 0.6 is 0 Å². The fraction of sp³-hybridized carbons (Fsp3) is 0.250. The van der Waals surface area contributed by atoms with E-state index in [1.54, 1.807) is 0 Å². The number of ether oxygens (including phenoxy) is 2. The molecule has 0 saturated carbocycles. The van der Waals surface area contributed by atoms with Crippen LogP contribution in [0.15, 0.2) is 78.9 Å². The van der Waals surface area contributed by atoms with Crippen LogP contribution < -0.4 is 14.8 Å². The molecule has 0 fully saturated rings. The Hall–Kier alpha value is -2.82. The Balaban J connectivity index is 1.66. The Bertz CT molecular complexity index is 837. The minimum Gasteiger partial charge on any atom is -0.490 e. The van der Waals surface area contributed by atoms with Gasteiger partial charge >= 0.3 is 0 Å². The summed E-state index contributed by atoms with van der Waals surface area (Å²) in [6, 6.07) is 25.6. The number of aliphatic hydroxyl groups excluding tert-OH is 1. The number of hydrogen-bond donors (Lipinski definition) is 2. The van der Waals surface area contributed by atoms with Crippen molar-refractivity contribution in [2.45, 2.75) is 26.2 Å². The molecule has 0 unspecified atom stereocenters. The number of aliphatic hydroxyl groups is 1. The van der Waals surface area contributed by atoms with Gasteiger partial charge in [-0.05, 0) is 24.1 Å². The van der Waals surface area contributed by atoms with Crippen LogP contribution in [0.2, 0.25) is 0 Å². The van der Waals surface area contributed by atoms with Crippen molar-refractivity contribution in [1.82, 2.24) is 5.32 Å². The average Bonchev–Trinajstić information content (AvgIpc) is 2.74. The smallest absolute Gasteiger partial charge is 0.166 e. The van der Waals surface area contributed by atoms with Crippen molar-refractivity contribution in [2.75, 3.05) is 13.2 Å². The van der Waals surface area contributed by atoms with E-state index >= 15 is 0 Å². The molecule has 1 atom stereocenters. The van der Waals surface area contributed by atoms with Crippen molar-refractivity contribution in [2.24, 2.45) is 0 Å². The Morgan fingerprint density at radius 2 is 1.57 bits per heavy atom. The lowest BCUT2D eigenvalue weighted by Gasteiger charge is -2.17. The highest BCUT2D eigenvalue weighted by molar-refractivity contribution is 5.46. The molecule has 0 amide bonds. The second kappa shape index (κ2) is 10.5. The van der Waals surface area contributed by atoms with Gasteiger partial charge in [-0.1, -0.05) is 72.8 Å². The van der Waals surface area contributed by atoms with Crippen molar-refractivity contribution < 1.29 is 14.6 Å². The van der Waals surface area contributed by atoms with E-state index in [9.17, 15) is 5.11 Å². The number of rotatable bonds is 10. The van der Waals surface area contributed by atoms with Gasteiger partial charge in [-0.3, -0.25) is 0 Å². The topological polar surface area (TPSA) is 50.7 Å². The summed E-state index contributed by atoms with van der Waals surface area (Å²) >= 11 is 0. The largest absolute Gasteiger partial charge is 0.490 e. The van der Waals surface area contributed by atoms with Crippen LogP contribution in [0.25, 0.3) is 0 Å². The lowest BCUT2D eigenvalue weighted by atomic mass is 10.1. The Labute approximate surface area is 166 Å². The van der Waals surface area contributed by atoms with Crippen LogP contribution in [0.5, 0.6) is 11.5 Å². The molecule has 4 heteroatoms. The maximum absolute atomic E-state index is 10.3. The maximum Gasteiger partial charge on any atom is 0.166 e. The van der Waals surface area contributed by atoms with E-state index < -0.39 is 6.10 Å². The number of hydrogen-bond acceptors (Lipinski definition) is 4. The van der Waals surface area contributed by atoms with Gasteiger partial charge in [0.1, 0.15) is 6.61 Å². The molecule has 0 radical (unpaired) electrons. The monoisotopic (exact) mass is 377 g/mol. The summed E-state index contributed by atoms with van der Waals surface area (Å²) in [6.07, 6.45) is -0.551. The highest BCUT2D eigenvalue weighted by Crippen LogP contribution is 2.32. The summed E-state index contributed by atoms with van der Waals surface area (Å²) in [5.41, 5.74) is 3.01. The van der Waals surface area contributed by atoms with E-state index in [1.807, 2.05) is 85.8 Å². The first-order chi connectivity index (χ1) is 13.8. The molecular formula is C24H27NO3. The van der Waals surface area contributed by atoms with Crippen molar-refractivity contribution in [1.29, 1.82) is 0 Å². The van der Waals surface area contributed by atoms with Gasteiger partial charge in [0, 0.05) is 18.7 Å². The summed E-state index contributed by atoms with van der Waals surface area (Å²) in [5.74, 6) is 1.48. The van der Waals surface area contributed by atoms with E-state index in [1.165, 1.54) is 0 Å². The van der Waals surface area contributed by atoms with Crippen LogP contribution in [-0.4, -0.2) is 18.3 Å². The van der Waals surface area contributed by atoms with Gasteiger partial charge in [0.05, 0.1) is 12.7 Å². The van der Waals surface area contributed by atoms with Gasteiger partial charge in [0.2, 0.25) is 0 Å². The molecule has 0 heterocycles. The van der Waals surface area contributed by atoms with Gasteiger partial charge in [-0.15, -0.1) is 0 Å². The van der Waals surface area contributed by atoms with Gasteiger partial charge in [0.25, 0.3) is 0 Å². The van der Waals surface area contributed by atoms with Crippen molar-refractivity contribution >= 4 is 0 Å².